The Bertz CT molecular complexity index is 554. The molecule has 106 valence electrons. The van der Waals surface area contributed by atoms with Gasteiger partial charge in [-0.05, 0) is 17.7 Å². The van der Waals surface area contributed by atoms with Crippen LogP contribution in [0.15, 0.2) is 30.9 Å². The predicted molar refractivity (Wildman–Crippen MR) is 75.1 cm³/mol. The van der Waals surface area contributed by atoms with Crippen LogP contribution in [-0.2, 0) is 22.7 Å². The molecule has 5 heteroatoms. The number of amides is 2. The molecule has 2 rings (SSSR count). The largest absolute Gasteiger partial charge is 0.496 e. The van der Waals surface area contributed by atoms with E-state index in [2.05, 4.69) is 6.58 Å². The third-order valence-corrected chi connectivity index (χ3v) is 3.44. The molecule has 0 aliphatic carbocycles. The number of methoxy groups -OCH3 is 1. The molecule has 0 spiro atoms. The topological polar surface area (TPSA) is 49.9 Å². The maximum atomic E-state index is 12.2. The Hall–Kier alpha value is -2.30. The fourth-order valence-electron chi connectivity index (χ4n) is 2.30. The molecule has 0 atom stereocenters. The zero-order chi connectivity index (χ0) is 14.7. The SMILES string of the molecule is C=CC(=O)N(C)CC(=O)N1Cc2cccc(OC)c2C1. The van der Waals surface area contributed by atoms with Crippen LogP contribution < -0.4 is 4.74 Å². The monoisotopic (exact) mass is 274 g/mol. The number of nitrogens with zero attached hydrogens (tertiary/aromatic N) is 2. The lowest BCUT2D eigenvalue weighted by Crippen LogP contribution is -2.38. The third kappa shape index (κ3) is 2.66. The second-order valence-corrected chi connectivity index (χ2v) is 4.75. The molecule has 0 saturated carbocycles. The van der Waals surface area contributed by atoms with Crippen LogP contribution in [0.1, 0.15) is 11.1 Å². The summed E-state index contributed by atoms with van der Waals surface area (Å²) in [4.78, 5) is 26.7. The van der Waals surface area contributed by atoms with Gasteiger partial charge in [-0.25, -0.2) is 0 Å². The molecular formula is C15H18N2O3. The molecule has 5 nitrogen and oxygen atoms in total. The minimum atomic E-state index is -0.257. The Labute approximate surface area is 118 Å². The van der Waals surface area contributed by atoms with Gasteiger partial charge in [-0.15, -0.1) is 0 Å². The summed E-state index contributed by atoms with van der Waals surface area (Å²) >= 11 is 0. The van der Waals surface area contributed by atoms with Crippen LogP contribution in [0.25, 0.3) is 0 Å². The van der Waals surface area contributed by atoms with Gasteiger partial charge in [0.1, 0.15) is 5.75 Å². The molecule has 0 radical (unpaired) electrons. The minimum absolute atomic E-state index is 0.0567. The van der Waals surface area contributed by atoms with Crippen LogP contribution in [0.3, 0.4) is 0 Å². The molecule has 0 aromatic heterocycles. The number of carbonyl (C=O) groups excluding carboxylic acids is 2. The Kier molecular flexibility index (Phi) is 4.08. The minimum Gasteiger partial charge on any atom is -0.496 e. The van der Waals surface area contributed by atoms with Gasteiger partial charge in [-0.2, -0.15) is 0 Å². The number of hydrogen-bond acceptors (Lipinski definition) is 3. The zero-order valence-corrected chi connectivity index (χ0v) is 11.8. The average molecular weight is 274 g/mol. The van der Waals surface area contributed by atoms with Crippen molar-refractivity contribution < 1.29 is 14.3 Å². The fraction of sp³-hybridized carbons (Fsp3) is 0.333. The van der Waals surface area contributed by atoms with Crippen molar-refractivity contribution in [2.75, 3.05) is 20.7 Å². The Balaban J connectivity index is 2.05. The first-order valence-corrected chi connectivity index (χ1v) is 6.37. The van der Waals surface area contributed by atoms with Crippen LogP contribution >= 0.6 is 0 Å². The van der Waals surface area contributed by atoms with E-state index in [0.29, 0.717) is 13.1 Å². The van der Waals surface area contributed by atoms with E-state index >= 15 is 0 Å². The molecular weight excluding hydrogens is 256 g/mol. The maximum absolute atomic E-state index is 12.2. The number of hydrogen-bond donors (Lipinski definition) is 0. The lowest BCUT2D eigenvalue weighted by molar-refractivity contribution is -0.137. The first kappa shape index (κ1) is 14.1. The van der Waals surface area contributed by atoms with Gasteiger partial charge in [-0.3, -0.25) is 9.59 Å². The highest BCUT2D eigenvalue weighted by Crippen LogP contribution is 2.30. The molecule has 0 fully saturated rings. The van der Waals surface area contributed by atoms with E-state index in [1.165, 1.54) is 11.0 Å². The Morgan fingerprint density at radius 1 is 1.45 bits per heavy atom. The summed E-state index contributed by atoms with van der Waals surface area (Å²) in [5.74, 6) is 0.460. The van der Waals surface area contributed by atoms with Gasteiger partial charge in [0.05, 0.1) is 20.2 Å². The summed E-state index contributed by atoms with van der Waals surface area (Å²) in [6, 6.07) is 5.79. The van der Waals surface area contributed by atoms with E-state index in [9.17, 15) is 9.59 Å². The second kappa shape index (κ2) is 5.77. The Morgan fingerprint density at radius 3 is 2.85 bits per heavy atom. The molecule has 2 amide bonds. The molecule has 1 aliphatic rings. The number of likely N-dealkylation sites (N-methyl/N-ethyl adjacent to an activating group) is 1. The number of fused-ring (bicyclic) bond motifs is 1. The molecule has 20 heavy (non-hydrogen) atoms. The summed E-state index contributed by atoms with van der Waals surface area (Å²) in [7, 11) is 3.21. The van der Waals surface area contributed by atoms with E-state index < -0.39 is 0 Å². The summed E-state index contributed by atoms with van der Waals surface area (Å²) < 4.78 is 5.31. The van der Waals surface area contributed by atoms with Gasteiger partial charge in [0, 0.05) is 19.2 Å². The lowest BCUT2D eigenvalue weighted by Gasteiger charge is -2.20. The van der Waals surface area contributed by atoms with Crippen molar-refractivity contribution in [3.8, 4) is 5.75 Å². The van der Waals surface area contributed by atoms with E-state index in [1.54, 1.807) is 19.1 Å². The number of rotatable bonds is 4. The van der Waals surface area contributed by atoms with E-state index in [0.717, 1.165) is 16.9 Å². The maximum Gasteiger partial charge on any atom is 0.246 e. The second-order valence-electron chi connectivity index (χ2n) is 4.75. The first-order valence-electron chi connectivity index (χ1n) is 6.37. The summed E-state index contributed by atoms with van der Waals surface area (Å²) in [6.07, 6.45) is 1.20. The van der Waals surface area contributed by atoms with Crippen molar-refractivity contribution in [2.45, 2.75) is 13.1 Å². The average Bonchev–Trinajstić information content (AvgIpc) is 2.90. The fourth-order valence-corrected chi connectivity index (χ4v) is 2.30. The number of carbonyl (C=O) groups is 2. The van der Waals surface area contributed by atoms with Crippen LogP contribution in [-0.4, -0.2) is 42.3 Å². The summed E-state index contributed by atoms with van der Waals surface area (Å²) in [5.41, 5.74) is 2.14. The van der Waals surface area contributed by atoms with Crippen molar-refractivity contribution in [1.82, 2.24) is 9.80 Å². The van der Waals surface area contributed by atoms with Crippen LogP contribution in [0.2, 0.25) is 0 Å². The van der Waals surface area contributed by atoms with E-state index in [4.69, 9.17) is 4.74 Å². The standard InChI is InChI=1S/C15H18N2O3/c1-4-14(18)16(2)10-15(19)17-8-11-6-5-7-13(20-3)12(11)9-17/h4-7H,1,8-10H2,2-3H3. The van der Waals surface area contributed by atoms with Crippen LogP contribution in [0.5, 0.6) is 5.75 Å². The highest BCUT2D eigenvalue weighted by atomic mass is 16.5. The normalized spacial score (nSPS) is 12.8. The molecule has 0 N–H and O–H groups in total. The van der Waals surface area contributed by atoms with Crippen LogP contribution in [0.4, 0.5) is 0 Å². The van der Waals surface area contributed by atoms with Crippen molar-refractivity contribution in [1.29, 1.82) is 0 Å². The summed E-state index contributed by atoms with van der Waals surface area (Å²) in [6.45, 7) is 4.54. The lowest BCUT2D eigenvalue weighted by atomic mass is 10.1. The predicted octanol–water partition coefficient (Wildman–Crippen LogP) is 1.18. The third-order valence-electron chi connectivity index (χ3n) is 3.44. The molecule has 0 bridgehead atoms. The van der Waals surface area contributed by atoms with Gasteiger partial charge in [0.2, 0.25) is 11.8 Å². The van der Waals surface area contributed by atoms with Crippen molar-refractivity contribution >= 4 is 11.8 Å². The Morgan fingerprint density at radius 2 is 2.20 bits per heavy atom. The van der Waals surface area contributed by atoms with Gasteiger partial charge >= 0.3 is 0 Å². The molecule has 1 aromatic carbocycles. The van der Waals surface area contributed by atoms with Crippen molar-refractivity contribution in [3.05, 3.63) is 42.0 Å². The number of ether oxygens (including phenoxy) is 1. The first-order chi connectivity index (χ1) is 9.56. The smallest absolute Gasteiger partial charge is 0.246 e. The molecule has 0 saturated heterocycles. The highest BCUT2D eigenvalue weighted by molar-refractivity contribution is 5.90. The van der Waals surface area contributed by atoms with Gasteiger partial charge in [-0.1, -0.05) is 18.7 Å². The molecule has 1 aliphatic heterocycles. The zero-order valence-electron chi connectivity index (χ0n) is 11.8. The van der Waals surface area contributed by atoms with Gasteiger partial charge in [0.15, 0.2) is 0 Å². The number of benzene rings is 1. The molecule has 1 aromatic rings. The van der Waals surface area contributed by atoms with Gasteiger partial charge < -0.3 is 14.5 Å². The van der Waals surface area contributed by atoms with Crippen molar-refractivity contribution in [2.24, 2.45) is 0 Å². The van der Waals surface area contributed by atoms with E-state index in [-0.39, 0.29) is 18.4 Å². The highest BCUT2D eigenvalue weighted by Gasteiger charge is 2.26. The van der Waals surface area contributed by atoms with Crippen LogP contribution in [0, 0.1) is 0 Å². The molecule has 1 heterocycles. The molecule has 0 unspecified atom stereocenters. The summed E-state index contributed by atoms with van der Waals surface area (Å²) in [5, 5.41) is 0. The quantitative estimate of drug-likeness (QED) is 0.775. The van der Waals surface area contributed by atoms with Gasteiger partial charge in [0.25, 0.3) is 0 Å². The van der Waals surface area contributed by atoms with Crippen molar-refractivity contribution in [3.63, 3.8) is 0 Å². The van der Waals surface area contributed by atoms with E-state index in [1.807, 2.05) is 18.2 Å².